The fourth-order valence-corrected chi connectivity index (χ4v) is 4.27. The fourth-order valence-electron chi connectivity index (χ4n) is 3.41. The average molecular weight is 382 g/mol. The zero-order valence-electron chi connectivity index (χ0n) is 16.7. The molecule has 0 radical (unpaired) electrons. The van der Waals surface area contributed by atoms with Crippen molar-refractivity contribution in [2.75, 3.05) is 59.5 Å². The zero-order chi connectivity index (χ0) is 18.8. The molecule has 2 heterocycles. The van der Waals surface area contributed by atoms with E-state index in [9.17, 15) is 0 Å². The van der Waals surface area contributed by atoms with Crippen molar-refractivity contribution in [3.8, 4) is 0 Å². The first-order valence-electron chi connectivity index (χ1n) is 9.73. The lowest BCUT2D eigenvalue weighted by Gasteiger charge is -2.34. The molecule has 6 nitrogen and oxygen atoms in total. The van der Waals surface area contributed by atoms with Crippen LogP contribution in [-0.2, 0) is 4.74 Å². The summed E-state index contributed by atoms with van der Waals surface area (Å²) in [5.74, 6) is 0.874. The number of thiophene rings is 1. The van der Waals surface area contributed by atoms with Crippen LogP contribution in [0.4, 0.5) is 0 Å². The minimum absolute atomic E-state index is 0.359. The van der Waals surface area contributed by atoms with Crippen molar-refractivity contribution in [1.29, 1.82) is 0 Å². The van der Waals surface area contributed by atoms with Gasteiger partial charge in [-0.3, -0.25) is 14.8 Å². The first kappa shape index (κ1) is 21.2. The number of hydrogen-bond acceptors (Lipinski definition) is 5. The number of ether oxygens (including phenoxy) is 1. The summed E-state index contributed by atoms with van der Waals surface area (Å²) < 4.78 is 5.52. The lowest BCUT2D eigenvalue weighted by atomic mass is 10.2. The van der Waals surface area contributed by atoms with Crippen LogP contribution >= 0.6 is 11.3 Å². The molecule has 0 aliphatic carbocycles. The molecular formula is C19H35N5OS. The molecule has 0 saturated carbocycles. The summed E-state index contributed by atoms with van der Waals surface area (Å²) in [5.41, 5.74) is 0. The monoisotopic (exact) mass is 381 g/mol. The third kappa shape index (κ3) is 6.23. The molecule has 1 aliphatic heterocycles. The standard InChI is InChI=1S/C19H35N5OS/c1-5-23(6-2)16(3)14-21-19(20-4)22-15-17(18-8-7-13-26-18)24-9-11-25-12-10-24/h7-8,13,16-17H,5-6,9-12,14-15H2,1-4H3,(H2,20,21,22). The van der Waals surface area contributed by atoms with E-state index in [1.807, 2.05) is 18.4 Å². The van der Waals surface area contributed by atoms with Gasteiger partial charge in [-0.05, 0) is 31.5 Å². The van der Waals surface area contributed by atoms with E-state index in [4.69, 9.17) is 4.74 Å². The summed E-state index contributed by atoms with van der Waals surface area (Å²) in [7, 11) is 1.84. The van der Waals surface area contributed by atoms with Crippen LogP contribution in [0.1, 0.15) is 31.7 Å². The van der Waals surface area contributed by atoms with Crippen LogP contribution in [0.5, 0.6) is 0 Å². The molecule has 2 rings (SSSR count). The molecule has 0 amide bonds. The first-order chi connectivity index (χ1) is 12.7. The number of nitrogens with zero attached hydrogens (tertiary/aromatic N) is 3. The van der Waals surface area contributed by atoms with Gasteiger partial charge in [-0.1, -0.05) is 19.9 Å². The SMILES string of the molecule is CCN(CC)C(C)CNC(=NC)NCC(c1cccs1)N1CCOCC1. The summed E-state index contributed by atoms with van der Waals surface area (Å²) in [4.78, 5) is 10.8. The maximum Gasteiger partial charge on any atom is 0.191 e. The van der Waals surface area contributed by atoms with Crippen LogP contribution in [-0.4, -0.2) is 81.3 Å². The molecule has 0 spiro atoms. The van der Waals surface area contributed by atoms with Crippen molar-refractivity contribution in [1.82, 2.24) is 20.4 Å². The molecule has 0 aromatic carbocycles. The van der Waals surface area contributed by atoms with Crippen molar-refractivity contribution in [2.24, 2.45) is 4.99 Å². The Morgan fingerprint density at radius 3 is 2.54 bits per heavy atom. The molecule has 1 aliphatic rings. The Labute approximate surface area is 162 Å². The van der Waals surface area contributed by atoms with Gasteiger partial charge in [0.2, 0.25) is 0 Å². The Kier molecular flexibility index (Phi) is 9.39. The topological polar surface area (TPSA) is 52.1 Å². The highest BCUT2D eigenvalue weighted by Crippen LogP contribution is 2.25. The van der Waals surface area contributed by atoms with Crippen LogP contribution in [0.15, 0.2) is 22.5 Å². The Bertz CT molecular complexity index is 512. The van der Waals surface area contributed by atoms with Gasteiger partial charge >= 0.3 is 0 Å². The van der Waals surface area contributed by atoms with Gasteiger partial charge in [-0.15, -0.1) is 11.3 Å². The first-order valence-corrected chi connectivity index (χ1v) is 10.6. The van der Waals surface area contributed by atoms with Crippen molar-refractivity contribution in [3.63, 3.8) is 0 Å². The van der Waals surface area contributed by atoms with Crippen molar-refractivity contribution in [2.45, 2.75) is 32.9 Å². The van der Waals surface area contributed by atoms with E-state index in [1.54, 1.807) is 0 Å². The van der Waals surface area contributed by atoms with Gasteiger partial charge in [-0.2, -0.15) is 0 Å². The van der Waals surface area contributed by atoms with E-state index in [1.165, 1.54) is 4.88 Å². The summed E-state index contributed by atoms with van der Waals surface area (Å²) >= 11 is 1.82. The molecule has 1 fully saturated rings. The van der Waals surface area contributed by atoms with Gasteiger partial charge in [0.25, 0.3) is 0 Å². The molecule has 1 saturated heterocycles. The molecule has 1 aromatic rings. The van der Waals surface area contributed by atoms with E-state index in [0.29, 0.717) is 12.1 Å². The third-order valence-corrected chi connectivity index (χ3v) is 6.02. The number of aliphatic imine (C=N–C) groups is 1. The maximum atomic E-state index is 5.52. The van der Waals surface area contributed by atoms with Crippen LogP contribution in [0.25, 0.3) is 0 Å². The smallest absolute Gasteiger partial charge is 0.191 e. The Morgan fingerprint density at radius 1 is 1.27 bits per heavy atom. The normalized spacial score (nSPS) is 18.7. The van der Waals surface area contributed by atoms with Gasteiger partial charge in [0.1, 0.15) is 0 Å². The molecule has 2 N–H and O–H groups in total. The maximum absolute atomic E-state index is 5.52. The summed E-state index contributed by atoms with van der Waals surface area (Å²) in [5, 5.41) is 9.16. The number of rotatable bonds is 9. The minimum atomic E-state index is 0.359. The Hall–Kier alpha value is -1.15. The predicted molar refractivity (Wildman–Crippen MR) is 111 cm³/mol. The quantitative estimate of drug-likeness (QED) is 0.506. The summed E-state index contributed by atoms with van der Waals surface area (Å²) in [6.07, 6.45) is 0. The minimum Gasteiger partial charge on any atom is -0.379 e. The second kappa shape index (κ2) is 11.5. The number of guanidine groups is 1. The van der Waals surface area contributed by atoms with Crippen molar-refractivity contribution >= 4 is 17.3 Å². The van der Waals surface area contributed by atoms with Gasteiger partial charge in [0.15, 0.2) is 5.96 Å². The lowest BCUT2D eigenvalue weighted by molar-refractivity contribution is 0.0177. The van der Waals surface area contributed by atoms with Crippen LogP contribution in [0.2, 0.25) is 0 Å². The van der Waals surface area contributed by atoms with E-state index in [2.05, 4.69) is 63.7 Å². The lowest BCUT2D eigenvalue weighted by Crippen LogP contribution is -2.48. The molecule has 148 valence electrons. The van der Waals surface area contributed by atoms with Crippen LogP contribution in [0, 0.1) is 0 Å². The number of morpholine rings is 1. The number of likely N-dealkylation sites (N-methyl/N-ethyl adjacent to an activating group) is 1. The van der Waals surface area contributed by atoms with E-state index in [-0.39, 0.29) is 0 Å². The Balaban J connectivity index is 1.89. The van der Waals surface area contributed by atoms with Crippen LogP contribution in [0.3, 0.4) is 0 Å². The second-order valence-electron chi connectivity index (χ2n) is 6.58. The highest BCUT2D eigenvalue weighted by Gasteiger charge is 2.23. The highest BCUT2D eigenvalue weighted by molar-refractivity contribution is 7.10. The summed E-state index contributed by atoms with van der Waals surface area (Å²) in [6, 6.07) is 5.20. The largest absolute Gasteiger partial charge is 0.379 e. The van der Waals surface area contributed by atoms with Crippen LogP contribution < -0.4 is 10.6 Å². The molecular weight excluding hydrogens is 346 g/mol. The van der Waals surface area contributed by atoms with E-state index >= 15 is 0 Å². The fraction of sp³-hybridized carbons (Fsp3) is 0.737. The molecule has 2 unspecified atom stereocenters. The predicted octanol–water partition coefficient (Wildman–Crippen LogP) is 2.02. The van der Waals surface area contributed by atoms with Gasteiger partial charge in [0.05, 0.1) is 19.3 Å². The Morgan fingerprint density at radius 2 is 1.96 bits per heavy atom. The highest BCUT2D eigenvalue weighted by atomic mass is 32.1. The second-order valence-corrected chi connectivity index (χ2v) is 7.56. The van der Waals surface area contributed by atoms with Gasteiger partial charge in [0, 0.05) is 44.1 Å². The molecule has 1 aromatic heterocycles. The molecule has 0 bridgehead atoms. The molecule has 7 heteroatoms. The average Bonchev–Trinajstić information content (AvgIpc) is 3.20. The summed E-state index contributed by atoms with van der Waals surface area (Å²) in [6.45, 7) is 14.2. The van der Waals surface area contributed by atoms with Gasteiger partial charge < -0.3 is 15.4 Å². The number of hydrogen-bond donors (Lipinski definition) is 2. The molecule has 2 atom stereocenters. The van der Waals surface area contributed by atoms with E-state index in [0.717, 1.165) is 58.4 Å². The van der Waals surface area contributed by atoms with Gasteiger partial charge in [-0.25, -0.2) is 0 Å². The zero-order valence-corrected chi connectivity index (χ0v) is 17.5. The molecule has 26 heavy (non-hydrogen) atoms. The van der Waals surface area contributed by atoms with Crippen molar-refractivity contribution < 1.29 is 4.74 Å². The van der Waals surface area contributed by atoms with E-state index < -0.39 is 0 Å². The van der Waals surface area contributed by atoms with Crippen molar-refractivity contribution in [3.05, 3.63) is 22.4 Å². The third-order valence-electron chi connectivity index (χ3n) is 5.05. The number of nitrogens with one attached hydrogen (secondary N) is 2.